The Morgan fingerprint density at radius 1 is 1.35 bits per heavy atom. The highest BCUT2D eigenvalue weighted by atomic mass is 32.1. The quantitative estimate of drug-likeness (QED) is 0.863. The zero-order chi connectivity index (χ0) is 14.5. The summed E-state index contributed by atoms with van der Waals surface area (Å²) in [6, 6.07) is 6.10. The molecule has 0 saturated heterocycles. The van der Waals surface area contributed by atoms with Crippen molar-refractivity contribution in [2.24, 2.45) is 0 Å². The van der Waals surface area contributed by atoms with Crippen LogP contribution in [0.15, 0.2) is 24.3 Å². The molecule has 106 valence electrons. The third kappa shape index (κ3) is 3.54. The minimum Gasteiger partial charge on any atom is -0.466 e. The fourth-order valence-corrected chi connectivity index (χ4v) is 2.72. The van der Waals surface area contributed by atoms with E-state index in [9.17, 15) is 14.0 Å². The number of carbonyl (C=O) groups excluding carboxylic acids is 2. The number of hydrogen-bond donors (Lipinski definition) is 1. The molecule has 0 radical (unpaired) electrons. The molecule has 2 aromatic rings. The predicted octanol–water partition coefficient (Wildman–Crippen LogP) is 2.72. The summed E-state index contributed by atoms with van der Waals surface area (Å²) in [7, 11) is 0. The zero-order valence-electron chi connectivity index (χ0n) is 10.9. The zero-order valence-corrected chi connectivity index (χ0v) is 11.8. The Labute approximate surface area is 119 Å². The standard InChI is InChI=1S/C14H14FNO3S/c1-2-19-13(17)5-6-16-14(18)12-7-9-3-4-10(15)8-11(9)20-12/h3-4,7-8H,2,5-6H2,1H3,(H,16,18). The van der Waals surface area contributed by atoms with Gasteiger partial charge >= 0.3 is 5.97 Å². The first-order valence-electron chi connectivity index (χ1n) is 6.23. The summed E-state index contributed by atoms with van der Waals surface area (Å²) >= 11 is 1.22. The first-order valence-corrected chi connectivity index (χ1v) is 7.04. The third-order valence-electron chi connectivity index (χ3n) is 2.63. The minimum atomic E-state index is -0.341. The van der Waals surface area contributed by atoms with Gasteiger partial charge in [-0.15, -0.1) is 11.3 Å². The molecule has 1 heterocycles. The first-order chi connectivity index (χ1) is 9.60. The number of amides is 1. The minimum absolute atomic E-state index is 0.138. The lowest BCUT2D eigenvalue weighted by atomic mass is 10.2. The second-order valence-corrected chi connectivity index (χ2v) is 5.19. The molecular formula is C14H14FNO3S. The van der Waals surface area contributed by atoms with Crippen LogP contribution in [0.5, 0.6) is 0 Å². The second-order valence-electron chi connectivity index (χ2n) is 4.10. The Kier molecular flexibility index (Phi) is 4.68. The summed E-state index contributed by atoms with van der Waals surface area (Å²) in [6.07, 6.45) is 0.138. The van der Waals surface area contributed by atoms with Gasteiger partial charge in [-0.1, -0.05) is 6.07 Å². The van der Waals surface area contributed by atoms with Gasteiger partial charge in [0.05, 0.1) is 17.9 Å². The Bertz CT molecular complexity index is 638. The van der Waals surface area contributed by atoms with Crippen molar-refractivity contribution < 1.29 is 18.7 Å². The molecule has 1 amide bonds. The molecular weight excluding hydrogens is 281 g/mol. The third-order valence-corrected chi connectivity index (χ3v) is 3.72. The molecule has 20 heavy (non-hydrogen) atoms. The Morgan fingerprint density at radius 2 is 2.15 bits per heavy atom. The Morgan fingerprint density at radius 3 is 2.90 bits per heavy atom. The number of esters is 1. The highest BCUT2D eigenvalue weighted by Crippen LogP contribution is 2.26. The smallest absolute Gasteiger partial charge is 0.307 e. The van der Waals surface area contributed by atoms with Gasteiger partial charge in [-0.25, -0.2) is 4.39 Å². The van der Waals surface area contributed by atoms with Crippen LogP contribution in [0.3, 0.4) is 0 Å². The van der Waals surface area contributed by atoms with Crippen LogP contribution in [0.2, 0.25) is 0 Å². The summed E-state index contributed by atoms with van der Waals surface area (Å²) in [6.45, 7) is 2.28. The summed E-state index contributed by atoms with van der Waals surface area (Å²) < 4.78 is 18.5. The van der Waals surface area contributed by atoms with Crippen molar-refractivity contribution in [3.05, 3.63) is 35.0 Å². The number of rotatable bonds is 5. The number of hydrogen-bond acceptors (Lipinski definition) is 4. The lowest BCUT2D eigenvalue weighted by Crippen LogP contribution is -2.25. The van der Waals surface area contributed by atoms with Crippen LogP contribution in [-0.2, 0) is 9.53 Å². The van der Waals surface area contributed by atoms with Crippen molar-refractivity contribution in [1.82, 2.24) is 5.32 Å². The molecule has 2 rings (SSSR count). The summed E-state index contributed by atoms with van der Waals surface area (Å²) in [5, 5.41) is 3.47. The van der Waals surface area contributed by atoms with Crippen molar-refractivity contribution in [2.75, 3.05) is 13.2 Å². The summed E-state index contributed by atoms with van der Waals surface area (Å²) in [5.41, 5.74) is 0. The van der Waals surface area contributed by atoms with Crippen molar-refractivity contribution in [3.8, 4) is 0 Å². The number of fused-ring (bicyclic) bond motifs is 1. The van der Waals surface area contributed by atoms with Crippen LogP contribution < -0.4 is 5.32 Å². The predicted molar refractivity (Wildman–Crippen MR) is 75.4 cm³/mol. The van der Waals surface area contributed by atoms with E-state index < -0.39 is 0 Å². The van der Waals surface area contributed by atoms with E-state index in [0.717, 1.165) is 10.1 Å². The molecule has 1 aromatic heterocycles. The number of halogens is 1. The van der Waals surface area contributed by atoms with Gasteiger partial charge < -0.3 is 10.1 Å². The van der Waals surface area contributed by atoms with E-state index in [4.69, 9.17) is 4.74 Å². The van der Waals surface area contributed by atoms with E-state index in [1.807, 2.05) is 0 Å². The van der Waals surface area contributed by atoms with Crippen LogP contribution in [0.25, 0.3) is 10.1 Å². The van der Waals surface area contributed by atoms with Gasteiger partial charge in [-0.2, -0.15) is 0 Å². The van der Waals surface area contributed by atoms with E-state index in [0.29, 0.717) is 11.5 Å². The largest absolute Gasteiger partial charge is 0.466 e. The maximum atomic E-state index is 13.1. The van der Waals surface area contributed by atoms with Gasteiger partial charge in [0.2, 0.25) is 0 Å². The first kappa shape index (κ1) is 14.5. The van der Waals surface area contributed by atoms with Crippen LogP contribution in [-0.4, -0.2) is 25.0 Å². The fourth-order valence-electron chi connectivity index (χ4n) is 1.72. The number of carbonyl (C=O) groups is 2. The van der Waals surface area contributed by atoms with E-state index >= 15 is 0 Å². The average Bonchev–Trinajstić information content (AvgIpc) is 2.82. The molecule has 0 aliphatic rings. The second kappa shape index (κ2) is 6.47. The van der Waals surface area contributed by atoms with E-state index in [1.54, 1.807) is 19.1 Å². The molecule has 0 unspecified atom stereocenters. The molecule has 1 N–H and O–H groups in total. The maximum Gasteiger partial charge on any atom is 0.307 e. The van der Waals surface area contributed by atoms with Crippen molar-refractivity contribution in [2.45, 2.75) is 13.3 Å². The van der Waals surface area contributed by atoms with Crippen molar-refractivity contribution >= 4 is 33.3 Å². The van der Waals surface area contributed by atoms with E-state index in [2.05, 4.69) is 5.32 Å². The SMILES string of the molecule is CCOC(=O)CCNC(=O)c1cc2ccc(F)cc2s1. The molecule has 1 aromatic carbocycles. The number of ether oxygens (including phenoxy) is 1. The van der Waals surface area contributed by atoms with Gasteiger partial charge in [0.15, 0.2) is 0 Å². The Hall–Kier alpha value is -1.95. The highest BCUT2D eigenvalue weighted by Gasteiger charge is 2.11. The molecule has 0 atom stereocenters. The molecule has 0 fully saturated rings. The van der Waals surface area contributed by atoms with Crippen LogP contribution in [0.1, 0.15) is 23.0 Å². The summed E-state index contributed by atoms with van der Waals surface area (Å²) in [5.74, 6) is -0.935. The average molecular weight is 295 g/mol. The van der Waals surface area contributed by atoms with Crippen LogP contribution >= 0.6 is 11.3 Å². The number of benzene rings is 1. The van der Waals surface area contributed by atoms with Crippen molar-refractivity contribution in [1.29, 1.82) is 0 Å². The lowest BCUT2D eigenvalue weighted by molar-refractivity contribution is -0.142. The van der Waals surface area contributed by atoms with Gasteiger partial charge in [0.25, 0.3) is 5.91 Å². The van der Waals surface area contributed by atoms with Gasteiger partial charge in [0.1, 0.15) is 5.82 Å². The fraction of sp³-hybridized carbons (Fsp3) is 0.286. The topological polar surface area (TPSA) is 55.4 Å². The molecule has 0 aliphatic carbocycles. The van der Waals surface area contributed by atoms with Crippen LogP contribution in [0, 0.1) is 5.82 Å². The highest BCUT2D eigenvalue weighted by molar-refractivity contribution is 7.20. The molecule has 0 aliphatic heterocycles. The van der Waals surface area contributed by atoms with Gasteiger partial charge in [-0.3, -0.25) is 9.59 Å². The molecule has 6 heteroatoms. The molecule has 0 bridgehead atoms. The van der Waals surface area contributed by atoms with Crippen molar-refractivity contribution in [3.63, 3.8) is 0 Å². The Balaban J connectivity index is 1.95. The van der Waals surface area contributed by atoms with Gasteiger partial charge in [0, 0.05) is 11.2 Å². The molecule has 0 saturated carbocycles. The normalized spacial score (nSPS) is 10.5. The van der Waals surface area contributed by atoms with Crippen LogP contribution in [0.4, 0.5) is 4.39 Å². The lowest BCUT2D eigenvalue weighted by Gasteiger charge is -2.03. The molecule has 0 spiro atoms. The molecule has 4 nitrogen and oxygen atoms in total. The van der Waals surface area contributed by atoms with E-state index in [1.165, 1.54) is 23.5 Å². The van der Waals surface area contributed by atoms with Gasteiger partial charge in [-0.05, 0) is 30.5 Å². The monoisotopic (exact) mass is 295 g/mol. The summed E-state index contributed by atoms with van der Waals surface area (Å²) in [4.78, 5) is 23.5. The maximum absolute atomic E-state index is 13.1. The number of nitrogens with one attached hydrogen (secondary N) is 1. The van der Waals surface area contributed by atoms with E-state index in [-0.39, 0.29) is 30.7 Å². The number of thiophene rings is 1.